The van der Waals surface area contributed by atoms with Crippen LogP contribution >= 0.6 is 0 Å². The van der Waals surface area contributed by atoms with Crippen LogP contribution in [0.3, 0.4) is 0 Å². The lowest BCUT2D eigenvalue weighted by molar-refractivity contribution is -0.133. The quantitative estimate of drug-likeness (QED) is 0.690. The first-order chi connectivity index (χ1) is 11.1. The van der Waals surface area contributed by atoms with Crippen LogP contribution < -0.4 is 0 Å². The van der Waals surface area contributed by atoms with Gasteiger partial charge in [-0.2, -0.15) is 0 Å². The van der Waals surface area contributed by atoms with E-state index in [2.05, 4.69) is 0 Å². The van der Waals surface area contributed by atoms with E-state index >= 15 is 0 Å². The van der Waals surface area contributed by atoms with Crippen molar-refractivity contribution in [3.8, 4) is 0 Å². The second kappa shape index (κ2) is 6.34. The summed E-state index contributed by atoms with van der Waals surface area (Å²) in [5.74, 6) is -1.40. The Morgan fingerprint density at radius 1 is 1.04 bits per heavy atom. The molecule has 1 aliphatic rings. The second-order valence-electron chi connectivity index (χ2n) is 5.09. The van der Waals surface area contributed by atoms with Crippen molar-refractivity contribution in [1.82, 2.24) is 0 Å². The normalized spacial score (nSPS) is 14.4. The maximum Gasteiger partial charge on any atom is 0.339 e. The van der Waals surface area contributed by atoms with Crippen molar-refractivity contribution in [1.29, 1.82) is 0 Å². The minimum absolute atomic E-state index is 0.0671. The highest BCUT2D eigenvalue weighted by Gasteiger charge is 2.27. The summed E-state index contributed by atoms with van der Waals surface area (Å²) >= 11 is 0. The molecule has 0 saturated carbocycles. The van der Waals surface area contributed by atoms with Gasteiger partial charge >= 0.3 is 5.97 Å². The Hall–Kier alpha value is -2.47. The molecule has 3 rings (SSSR count). The Balaban J connectivity index is 2.07. The maximum atomic E-state index is 14.1. The van der Waals surface area contributed by atoms with Gasteiger partial charge in [0.1, 0.15) is 23.1 Å². The van der Waals surface area contributed by atoms with Gasteiger partial charge in [-0.25, -0.2) is 17.6 Å². The van der Waals surface area contributed by atoms with E-state index in [-0.39, 0.29) is 17.9 Å². The first-order valence-corrected chi connectivity index (χ1v) is 8.29. The molecule has 6 heteroatoms. The fourth-order valence-corrected chi connectivity index (χ4v) is 3.07. The average Bonchev–Trinajstić information content (AvgIpc) is 2.91. The molecule has 2 aromatic rings. The van der Waals surface area contributed by atoms with E-state index < -0.39 is 22.5 Å². The van der Waals surface area contributed by atoms with Crippen LogP contribution in [0.5, 0.6) is 0 Å². The number of ether oxygens (including phenoxy) is 1. The Morgan fingerprint density at radius 3 is 2.43 bits per heavy atom. The number of carbonyl (C=O) groups is 1. The molecule has 0 unspecified atom stereocenters. The van der Waals surface area contributed by atoms with Gasteiger partial charge in [-0.3, -0.25) is 0 Å². The molecular weight excluding hydrogens is 319 g/mol. The predicted molar refractivity (Wildman–Crippen MR) is 84.6 cm³/mol. The Labute approximate surface area is 134 Å². The van der Waals surface area contributed by atoms with E-state index in [0.717, 1.165) is 0 Å². The van der Waals surface area contributed by atoms with E-state index in [1.807, 2.05) is 6.07 Å². The average molecular weight is 332 g/mol. The summed E-state index contributed by atoms with van der Waals surface area (Å²) in [4.78, 5) is 12.0. The van der Waals surface area contributed by atoms with Crippen LogP contribution in [0.25, 0.3) is 11.1 Å². The molecule has 1 heterocycles. The number of cyclic esters (lactones) is 1. The van der Waals surface area contributed by atoms with Gasteiger partial charge in [-0.15, -0.1) is 0 Å². The summed E-state index contributed by atoms with van der Waals surface area (Å²) in [6.45, 7) is 0.0671. The zero-order valence-electron chi connectivity index (χ0n) is 12.0. The van der Waals surface area contributed by atoms with Crippen molar-refractivity contribution in [2.45, 2.75) is 5.75 Å². The lowest BCUT2D eigenvalue weighted by Crippen LogP contribution is -1.98. The topological polar surface area (TPSA) is 60.4 Å². The summed E-state index contributed by atoms with van der Waals surface area (Å²) in [7, 11) is -2.70. The van der Waals surface area contributed by atoms with E-state index in [9.17, 15) is 17.6 Å². The Kier molecular flexibility index (Phi) is 4.25. The molecule has 0 amide bonds. The molecule has 0 N–H and O–H groups in total. The van der Waals surface area contributed by atoms with Crippen LogP contribution in [0.2, 0.25) is 0 Å². The predicted octanol–water partition coefficient (Wildman–Crippen LogP) is 2.40. The standard InChI is InChI=1S/C17H13FO4S/c18-15-8-12(6-7-13(15)10-23(20)21)14-9-22-17(19)16(14)11-4-2-1-3-5-11/h1-8,23H,9-10H2. The monoisotopic (exact) mass is 332 g/mol. The molecule has 2 aromatic carbocycles. The largest absolute Gasteiger partial charge is 0.457 e. The summed E-state index contributed by atoms with van der Waals surface area (Å²) in [5.41, 5.74) is 2.33. The maximum absolute atomic E-state index is 14.1. The highest BCUT2D eigenvalue weighted by Crippen LogP contribution is 2.33. The van der Waals surface area contributed by atoms with E-state index in [0.29, 0.717) is 22.3 Å². The SMILES string of the molecule is O=C1OCC(c2ccc(C[SH](=O)=O)c(F)c2)=C1c1ccccc1. The molecule has 1 aliphatic heterocycles. The zero-order valence-corrected chi connectivity index (χ0v) is 12.9. The first-order valence-electron chi connectivity index (χ1n) is 6.92. The molecule has 0 saturated heterocycles. The van der Waals surface area contributed by atoms with Crippen molar-refractivity contribution in [3.05, 3.63) is 71.0 Å². The minimum atomic E-state index is -2.70. The summed E-state index contributed by atoms with van der Waals surface area (Å²) in [6.07, 6.45) is 0. The molecule has 0 bridgehead atoms. The van der Waals surface area contributed by atoms with Gasteiger partial charge in [0, 0.05) is 11.1 Å². The molecule has 0 radical (unpaired) electrons. The van der Waals surface area contributed by atoms with E-state index in [4.69, 9.17) is 4.74 Å². The number of hydrogen-bond acceptors (Lipinski definition) is 4. The number of carbonyl (C=O) groups excluding carboxylic acids is 1. The van der Waals surface area contributed by atoms with Gasteiger partial charge in [0.15, 0.2) is 0 Å². The Bertz CT molecular complexity index is 861. The molecule has 0 aliphatic carbocycles. The van der Waals surface area contributed by atoms with Gasteiger partial charge in [0.2, 0.25) is 0 Å². The highest BCUT2D eigenvalue weighted by molar-refractivity contribution is 7.71. The Morgan fingerprint density at radius 2 is 1.78 bits per heavy atom. The van der Waals surface area contributed by atoms with Crippen molar-refractivity contribution in [2.75, 3.05) is 6.61 Å². The number of benzene rings is 2. The van der Waals surface area contributed by atoms with Crippen LogP contribution in [0.15, 0.2) is 48.5 Å². The van der Waals surface area contributed by atoms with Gasteiger partial charge < -0.3 is 4.74 Å². The second-order valence-corrected chi connectivity index (χ2v) is 6.07. The number of thiol groups is 1. The van der Waals surface area contributed by atoms with Crippen molar-refractivity contribution in [3.63, 3.8) is 0 Å². The number of halogens is 1. The molecule has 23 heavy (non-hydrogen) atoms. The third kappa shape index (κ3) is 3.17. The van der Waals surface area contributed by atoms with Gasteiger partial charge in [0.25, 0.3) is 0 Å². The molecule has 118 valence electrons. The van der Waals surface area contributed by atoms with Gasteiger partial charge in [-0.05, 0) is 17.2 Å². The van der Waals surface area contributed by atoms with Crippen LogP contribution in [0.1, 0.15) is 16.7 Å². The van der Waals surface area contributed by atoms with Gasteiger partial charge in [-0.1, -0.05) is 42.5 Å². The van der Waals surface area contributed by atoms with Crippen LogP contribution in [-0.4, -0.2) is 21.0 Å². The van der Waals surface area contributed by atoms with E-state index in [1.165, 1.54) is 12.1 Å². The number of esters is 1. The fourth-order valence-electron chi connectivity index (χ4n) is 2.53. The highest BCUT2D eigenvalue weighted by atomic mass is 32.2. The van der Waals surface area contributed by atoms with Crippen LogP contribution in [0, 0.1) is 5.82 Å². The minimum Gasteiger partial charge on any atom is -0.457 e. The third-order valence-corrected chi connectivity index (χ3v) is 4.22. The summed E-state index contributed by atoms with van der Waals surface area (Å²) < 4.78 is 40.6. The summed E-state index contributed by atoms with van der Waals surface area (Å²) in [6, 6.07) is 13.3. The lowest BCUT2D eigenvalue weighted by Gasteiger charge is -2.06. The zero-order chi connectivity index (χ0) is 16.4. The van der Waals surface area contributed by atoms with Crippen LogP contribution in [0.4, 0.5) is 4.39 Å². The fraction of sp³-hybridized carbons (Fsp3) is 0.118. The molecule has 0 aromatic heterocycles. The molecule has 0 spiro atoms. The lowest BCUT2D eigenvalue weighted by atomic mass is 9.96. The molecule has 0 atom stereocenters. The van der Waals surface area contributed by atoms with Crippen molar-refractivity contribution >= 4 is 27.8 Å². The third-order valence-electron chi connectivity index (χ3n) is 3.62. The van der Waals surface area contributed by atoms with Crippen molar-refractivity contribution < 1.29 is 22.3 Å². The van der Waals surface area contributed by atoms with Crippen LogP contribution in [-0.2, 0) is 26.0 Å². The van der Waals surface area contributed by atoms with E-state index in [1.54, 1.807) is 30.3 Å². The number of hydrogen-bond donors (Lipinski definition) is 1. The molecular formula is C17H13FO4S. The number of rotatable bonds is 4. The molecule has 0 fully saturated rings. The first kappa shape index (κ1) is 15.4. The molecule has 4 nitrogen and oxygen atoms in total. The smallest absolute Gasteiger partial charge is 0.339 e. The van der Waals surface area contributed by atoms with Gasteiger partial charge in [0.05, 0.1) is 11.3 Å². The van der Waals surface area contributed by atoms with Crippen molar-refractivity contribution in [2.24, 2.45) is 0 Å². The summed E-state index contributed by atoms with van der Waals surface area (Å²) in [5, 5.41) is 0.